The van der Waals surface area contributed by atoms with E-state index in [9.17, 15) is 4.79 Å². The molecule has 0 radical (unpaired) electrons. The maximum absolute atomic E-state index is 12.4. The molecule has 1 saturated heterocycles. The molecule has 0 aromatic carbocycles. The highest BCUT2D eigenvalue weighted by molar-refractivity contribution is 5.96. The Morgan fingerprint density at radius 3 is 2.56 bits per heavy atom. The summed E-state index contributed by atoms with van der Waals surface area (Å²) in [5.74, 6) is 0.200. The molecule has 3 nitrogen and oxygen atoms in total. The third-order valence-electron chi connectivity index (χ3n) is 3.82. The van der Waals surface area contributed by atoms with Gasteiger partial charge in [-0.3, -0.25) is 4.79 Å². The molecular weight excluding hydrogens is 200 g/mol. The van der Waals surface area contributed by atoms with Crippen LogP contribution in [0.5, 0.6) is 0 Å². The molecule has 16 heavy (non-hydrogen) atoms. The van der Waals surface area contributed by atoms with Gasteiger partial charge in [0.25, 0.3) is 5.91 Å². The van der Waals surface area contributed by atoms with Gasteiger partial charge in [-0.15, -0.1) is 0 Å². The summed E-state index contributed by atoms with van der Waals surface area (Å²) in [7, 11) is 2.01. The Labute approximate surface area is 97.1 Å². The first-order valence-corrected chi connectivity index (χ1v) is 5.96. The lowest BCUT2D eigenvalue weighted by atomic mass is 10.2. The van der Waals surface area contributed by atoms with Crippen LogP contribution >= 0.6 is 0 Å². The van der Waals surface area contributed by atoms with Crippen LogP contribution in [0.4, 0.5) is 0 Å². The maximum atomic E-state index is 12.4. The van der Waals surface area contributed by atoms with Crippen molar-refractivity contribution in [3.63, 3.8) is 0 Å². The van der Waals surface area contributed by atoms with Crippen molar-refractivity contribution in [1.82, 2.24) is 9.47 Å². The smallest absolute Gasteiger partial charge is 0.255 e. The third kappa shape index (κ3) is 1.64. The van der Waals surface area contributed by atoms with E-state index in [0.29, 0.717) is 6.04 Å². The molecule has 1 aliphatic rings. The number of nitrogens with zero attached hydrogens (tertiary/aromatic N) is 2. The van der Waals surface area contributed by atoms with Crippen molar-refractivity contribution in [1.29, 1.82) is 0 Å². The van der Waals surface area contributed by atoms with Crippen LogP contribution in [0.25, 0.3) is 0 Å². The minimum atomic E-state index is 0.200. The van der Waals surface area contributed by atoms with Gasteiger partial charge in [0.05, 0.1) is 5.56 Å². The minimum Gasteiger partial charge on any atom is -0.351 e. The summed E-state index contributed by atoms with van der Waals surface area (Å²) in [5, 5.41) is 0. The Kier molecular flexibility index (Phi) is 2.78. The largest absolute Gasteiger partial charge is 0.351 e. The zero-order valence-corrected chi connectivity index (χ0v) is 10.6. The van der Waals surface area contributed by atoms with Gasteiger partial charge < -0.3 is 9.47 Å². The molecule has 0 spiro atoms. The number of aromatic nitrogens is 1. The standard InChI is InChI=1S/C13H20N2O/c1-9-6-5-7-15(9)13(16)12-8-10(2)14(4)11(12)3/h8-9H,5-7H2,1-4H3. The van der Waals surface area contributed by atoms with E-state index in [1.165, 1.54) is 0 Å². The van der Waals surface area contributed by atoms with E-state index in [2.05, 4.69) is 11.5 Å². The molecule has 1 amide bonds. The highest BCUT2D eigenvalue weighted by Gasteiger charge is 2.27. The number of likely N-dealkylation sites (tertiary alicyclic amines) is 1. The zero-order valence-electron chi connectivity index (χ0n) is 10.6. The van der Waals surface area contributed by atoms with Gasteiger partial charge in [-0.1, -0.05) is 0 Å². The fourth-order valence-electron chi connectivity index (χ4n) is 2.46. The number of amides is 1. The summed E-state index contributed by atoms with van der Waals surface area (Å²) in [6, 6.07) is 2.40. The van der Waals surface area contributed by atoms with Crippen LogP contribution in [0.1, 0.15) is 41.5 Å². The zero-order chi connectivity index (χ0) is 11.9. The third-order valence-corrected chi connectivity index (χ3v) is 3.82. The van der Waals surface area contributed by atoms with E-state index in [1.807, 2.05) is 31.9 Å². The van der Waals surface area contributed by atoms with E-state index in [1.54, 1.807) is 0 Å². The quantitative estimate of drug-likeness (QED) is 0.712. The van der Waals surface area contributed by atoms with E-state index in [-0.39, 0.29) is 5.91 Å². The fourth-order valence-corrected chi connectivity index (χ4v) is 2.46. The second-order valence-electron chi connectivity index (χ2n) is 4.83. The van der Waals surface area contributed by atoms with Gasteiger partial charge in [0, 0.05) is 31.0 Å². The first kappa shape index (κ1) is 11.2. The van der Waals surface area contributed by atoms with Crippen LogP contribution in [-0.2, 0) is 7.05 Å². The average molecular weight is 220 g/mol. The van der Waals surface area contributed by atoms with Crippen molar-refractivity contribution < 1.29 is 4.79 Å². The monoisotopic (exact) mass is 220 g/mol. The summed E-state index contributed by atoms with van der Waals surface area (Å²) >= 11 is 0. The van der Waals surface area contributed by atoms with Crippen LogP contribution < -0.4 is 0 Å². The van der Waals surface area contributed by atoms with Crippen molar-refractivity contribution in [3.8, 4) is 0 Å². The van der Waals surface area contributed by atoms with Crippen LogP contribution in [0, 0.1) is 13.8 Å². The summed E-state index contributed by atoms with van der Waals surface area (Å²) < 4.78 is 2.08. The number of aryl methyl sites for hydroxylation is 1. The number of carbonyl (C=O) groups excluding carboxylic acids is 1. The van der Waals surface area contributed by atoms with Gasteiger partial charge in [0.2, 0.25) is 0 Å². The summed E-state index contributed by atoms with van der Waals surface area (Å²) in [6.45, 7) is 7.10. The molecular formula is C13H20N2O. The average Bonchev–Trinajstić information content (AvgIpc) is 2.77. The normalized spacial score (nSPS) is 20.5. The van der Waals surface area contributed by atoms with Gasteiger partial charge in [0.1, 0.15) is 0 Å². The summed E-state index contributed by atoms with van der Waals surface area (Å²) in [5.41, 5.74) is 3.09. The Morgan fingerprint density at radius 1 is 1.44 bits per heavy atom. The molecule has 1 aliphatic heterocycles. The Hall–Kier alpha value is -1.25. The summed E-state index contributed by atoms with van der Waals surface area (Å²) in [4.78, 5) is 14.4. The molecule has 1 aromatic rings. The predicted molar refractivity (Wildman–Crippen MR) is 64.6 cm³/mol. The second-order valence-corrected chi connectivity index (χ2v) is 4.83. The lowest BCUT2D eigenvalue weighted by Gasteiger charge is -2.21. The van der Waals surface area contributed by atoms with Crippen LogP contribution in [0.15, 0.2) is 6.07 Å². The van der Waals surface area contributed by atoms with Gasteiger partial charge in [0.15, 0.2) is 0 Å². The van der Waals surface area contributed by atoms with E-state index in [0.717, 1.165) is 36.3 Å². The van der Waals surface area contributed by atoms with E-state index in [4.69, 9.17) is 0 Å². The Balaban J connectivity index is 2.30. The van der Waals surface area contributed by atoms with Gasteiger partial charge in [-0.25, -0.2) is 0 Å². The Morgan fingerprint density at radius 2 is 2.12 bits per heavy atom. The van der Waals surface area contributed by atoms with E-state index >= 15 is 0 Å². The van der Waals surface area contributed by atoms with Crippen molar-refractivity contribution >= 4 is 5.91 Å². The highest BCUT2D eigenvalue weighted by Crippen LogP contribution is 2.22. The molecule has 1 fully saturated rings. The SMILES string of the molecule is Cc1cc(C(=O)N2CCCC2C)c(C)n1C. The second kappa shape index (κ2) is 3.96. The molecule has 2 rings (SSSR count). The first-order valence-electron chi connectivity index (χ1n) is 5.96. The lowest BCUT2D eigenvalue weighted by molar-refractivity contribution is 0.0746. The number of hydrogen-bond donors (Lipinski definition) is 0. The van der Waals surface area contributed by atoms with E-state index < -0.39 is 0 Å². The van der Waals surface area contributed by atoms with Crippen LogP contribution in [-0.4, -0.2) is 28.0 Å². The van der Waals surface area contributed by atoms with Crippen molar-refractivity contribution in [2.45, 2.75) is 39.7 Å². The van der Waals surface area contributed by atoms with Crippen LogP contribution in [0.2, 0.25) is 0 Å². The summed E-state index contributed by atoms with van der Waals surface area (Å²) in [6.07, 6.45) is 2.27. The lowest BCUT2D eigenvalue weighted by Crippen LogP contribution is -2.33. The molecule has 88 valence electrons. The number of carbonyl (C=O) groups is 1. The molecule has 1 atom stereocenters. The van der Waals surface area contributed by atoms with Crippen molar-refractivity contribution in [2.75, 3.05) is 6.54 Å². The number of hydrogen-bond acceptors (Lipinski definition) is 1. The topological polar surface area (TPSA) is 25.2 Å². The predicted octanol–water partition coefficient (Wildman–Crippen LogP) is 2.27. The molecule has 0 saturated carbocycles. The van der Waals surface area contributed by atoms with Crippen LogP contribution in [0.3, 0.4) is 0 Å². The molecule has 1 aromatic heterocycles. The molecule has 2 heterocycles. The van der Waals surface area contributed by atoms with Gasteiger partial charge in [-0.2, -0.15) is 0 Å². The molecule has 3 heteroatoms. The number of rotatable bonds is 1. The van der Waals surface area contributed by atoms with Gasteiger partial charge in [-0.05, 0) is 39.7 Å². The first-order chi connectivity index (χ1) is 7.52. The molecule has 0 N–H and O–H groups in total. The van der Waals surface area contributed by atoms with Crippen molar-refractivity contribution in [2.24, 2.45) is 7.05 Å². The molecule has 0 aliphatic carbocycles. The highest BCUT2D eigenvalue weighted by atomic mass is 16.2. The Bertz CT molecular complexity index is 420. The molecule has 0 bridgehead atoms. The minimum absolute atomic E-state index is 0.200. The van der Waals surface area contributed by atoms with Crippen molar-refractivity contribution in [3.05, 3.63) is 23.0 Å². The molecule has 1 unspecified atom stereocenters. The maximum Gasteiger partial charge on any atom is 0.255 e. The fraction of sp³-hybridized carbons (Fsp3) is 0.615. The van der Waals surface area contributed by atoms with Gasteiger partial charge >= 0.3 is 0 Å².